The number of aryl methyl sites for hydroxylation is 2. The summed E-state index contributed by atoms with van der Waals surface area (Å²) in [7, 11) is 0. The number of carbonyl (C=O) groups is 4. The summed E-state index contributed by atoms with van der Waals surface area (Å²) in [6.07, 6.45) is 4.01. The van der Waals surface area contributed by atoms with E-state index in [2.05, 4.69) is 5.32 Å². The molecule has 0 radical (unpaired) electrons. The number of amides is 4. The smallest absolute Gasteiger partial charge is 0.414 e. The number of nitrogens with one attached hydrogen (secondary N) is 1. The Morgan fingerprint density at radius 1 is 1.02 bits per heavy atom. The third kappa shape index (κ3) is 5.09. The van der Waals surface area contributed by atoms with Crippen LogP contribution in [0.25, 0.3) is 0 Å². The quantitative estimate of drug-likeness (QED) is 0.492. The number of fused-ring (bicyclic) bond motifs is 2. The van der Waals surface area contributed by atoms with E-state index in [0.717, 1.165) is 29.5 Å². The summed E-state index contributed by atoms with van der Waals surface area (Å²) in [6, 6.07) is 9.76. The number of hydrogen-bond donors (Lipinski definition) is 3. The van der Waals surface area contributed by atoms with Crippen LogP contribution in [0.3, 0.4) is 0 Å². The highest BCUT2D eigenvalue weighted by Crippen LogP contribution is 2.43. The summed E-state index contributed by atoms with van der Waals surface area (Å²) in [5.74, 6) is -1.30. The Balaban J connectivity index is 1.21. The highest BCUT2D eigenvalue weighted by molar-refractivity contribution is 6.02. The Labute approximate surface area is 237 Å². The molecule has 0 unspecified atom stereocenters. The molecule has 3 aliphatic carbocycles. The summed E-state index contributed by atoms with van der Waals surface area (Å²) in [6.45, 7) is 1.39. The van der Waals surface area contributed by atoms with Crippen LogP contribution in [0.4, 0.5) is 14.9 Å². The maximum Gasteiger partial charge on any atom is 0.414 e. The van der Waals surface area contributed by atoms with Crippen LogP contribution in [0, 0.1) is 11.7 Å². The fraction of sp³-hybridized carbons (Fsp3) is 0.484. The normalized spacial score (nSPS) is 24.1. The van der Waals surface area contributed by atoms with Crippen molar-refractivity contribution in [3.8, 4) is 0 Å². The predicted molar refractivity (Wildman–Crippen MR) is 148 cm³/mol. The van der Waals surface area contributed by atoms with E-state index < -0.39 is 35.4 Å². The molecule has 1 heterocycles. The number of hydrogen-bond acceptors (Lipinski definition) is 5. The molecular formula is C31H35FN4O5. The second-order valence-corrected chi connectivity index (χ2v) is 12.4. The molecule has 0 saturated heterocycles. The first kappa shape index (κ1) is 27.4. The van der Waals surface area contributed by atoms with E-state index >= 15 is 0 Å². The molecule has 0 aromatic heterocycles. The van der Waals surface area contributed by atoms with Crippen LogP contribution in [0.1, 0.15) is 67.7 Å². The number of rotatable bonds is 6. The summed E-state index contributed by atoms with van der Waals surface area (Å²) >= 11 is 0. The number of halogens is 1. The number of imide groups is 1. The Bertz CT molecular complexity index is 1450. The lowest BCUT2D eigenvalue weighted by Gasteiger charge is -2.34. The van der Waals surface area contributed by atoms with Crippen LogP contribution in [0.2, 0.25) is 0 Å². The standard InChI is InChI=1S/C31H35FN4O5/c1-30(11-10-20-15-23(7-8-24(20)30)34-27(38)31(33)12-13-31)28(39)36(29(40)41)17-26(37)35-16-21-4-6-22(32)14-19(21)5-9-25(35)18-2-3-18/h4,6-8,14-15,18,25H,2-3,5,9-13,16-17,33H2,1H3,(H,34,38)(H,40,41)/t25-,30-/m1/s1. The molecule has 216 valence electrons. The zero-order valence-electron chi connectivity index (χ0n) is 23.1. The van der Waals surface area contributed by atoms with Gasteiger partial charge in [0.1, 0.15) is 12.4 Å². The third-order valence-corrected chi connectivity index (χ3v) is 9.44. The minimum Gasteiger partial charge on any atom is -0.465 e. The molecule has 2 atom stereocenters. The molecule has 9 nitrogen and oxygen atoms in total. The van der Waals surface area contributed by atoms with Crippen LogP contribution < -0.4 is 11.1 Å². The van der Waals surface area contributed by atoms with Crippen LogP contribution in [-0.2, 0) is 39.2 Å². The summed E-state index contributed by atoms with van der Waals surface area (Å²) in [5, 5.41) is 12.9. The minimum absolute atomic E-state index is 0.0802. The number of anilines is 1. The Hall–Kier alpha value is -3.79. The molecule has 2 aromatic rings. The van der Waals surface area contributed by atoms with E-state index in [1.807, 2.05) is 6.07 Å². The Morgan fingerprint density at radius 3 is 2.46 bits per heavy atom. The fourth-order valence-electron chi connectivity index (χ4n) is 6.51. The van der Waals surface area contributed by atoms with Crippen LogP contribution in [0.5, 0.6) is 0 Å². The van der Waals surface area contributed by atoms with Gasteiger partial charge in [0.15, 0.2) is 0 Å². The van der Waals surface area contributed by atoms with Gasteiger partial charge in [0.2, 0.25) is 17.7 Å². The molecule has 41 heavy (non-hydrogen) atoms. The van der Waals surface area contributed by atoms with Gasteiger partial charge in [-0.05, 0) is 111 Å². The number of carboxylic acid groups (broad SMARTS) is 1. The molecule has 0 spiro atoms. The van der Waals surface area contributed by atoms with Crippen LogP contribution in [-0.4, -0.2) is 56.8 Å². The number of carbonyl (C=O) groups excluding carboxylic acids is 3. The van der Waals surface area contributed by atoms with Crippen LogP contribution >= 0.6 is 0 Å². The molecule has 6 rings (SSSR count). The van der Waals surface area contributed by atoms with Crippen molar-refractivity contribution in [3.63, 3.8) is 0 Å². The van der Waals surface area contributed by atoms with E-state index in [4.69, 9.17) is 5.73 Å². The first-order valence-electron chi connectivity index (χ1n) is 14.3. The molecule has 4 N–H and O–H groups in total. The topological polar surface area (TPSA) is 133 Å². The molecule has 2 saturated carbocycles. The highest BCUT2D eigenvalue weighted by atomic mass is 19.1. The van der Waals surface area contributed by atoms with Crippen molar-refractivity contribution in [1.29, 1.82) is 0 Å². The monoisotopic (exact) mass is 562 g/mol. The maximum atomic E-state index is 13.9. The van der Waals surface area contributed by atoms with E-state index in [0.29, 0.717) is 60.6 Å². The fourth-order valence-corrected chi connectivity index (χ4v) is 6.51. The molecule has 4 aliphatic rings. The number of nitrogens with zero attached hydrogens (tertiary/aromatic N) is 2. The van der Waals surface area contributed by atoms with Crippen molar-refractivity contribution in [2.75, 3.05) is 11.9 Å². The molecule has 2 fully saturated rings. The lowest BCUT2D eigenvalue weighted by molar-refractivity contribution is -0.143. The summed E-state index contributed by atoms with van der Waals surface area (Å²) < 4.78 is 13.9. The zero-order valence-corrected chi connectivity index (χ0v) is 23.1. The molecule has 1 aliphatic heterocycles. The summed E-state index contributed by atoms with van der Waals surface area (Å²) in [4.78, 5) is 54.8. The van der Waals surface area contributed by atoms with Gasteiger partial charge in [-0.1, -0.05) is 12.1 Å². The van der Waals surface area contributed by atoms with Crippen molar-refractivity contribution in [2.45, 2.75) is 81.8 Å². The molecule has 10 heteroatoms. The molecule has 2 aromatic carbocycles. The van der Waals surface area contributed by atoms with Crippen molar-refractivity contribution in [3.05, 3.63) is 64.5 Å². The second-order valence-electron chi connectivity index (χ2n) is 12.4. The average Bonchev–Trinajstić information content (AvgIpc) is 3.86. The summed E-state index contributed by atoms with van der Waals surface area (Å²) in [5.41, 5.74) is 7.87. The predicted octanol–water partition coefficient (Wildman–Crippen LogP) is 3.72. The SMILES string of the molecule is C[C@@]1(C(=O)N(CC(=O)N2Cc3ccc(F)cc3CC[C@@H]2C2CC2)C(=O)O)CCc2cc(NC(=O)C3(N)CC3)ccc21. The number of nitrogens with two attached hydrogens (primary N) is 1. The molecule has 0 bridgehead atoms. The Kier molecular flexibility index (Phi) is 6.64. The maximum absolute atomic E-state index is 13.9. The van der Waals surface area contributed by atoms with Gasteiger partial charge in [-0.25, -0.2) is 14.1 Å². The first-order valence-corrected chi connectivity index (χ1v) is 14.3. The third-order valence-electron chi connectivity index (χ3n) is 9.44. The van der Waals surface area contributed by atoms with Gasteiger partial charge in [-0.3, -0.25) is 14.4 Å². The minimum atomic E-state index is -1.47. The lowest BCUT2D eigenvalue weighted by atomic mass is 9.82. The van der Waals surface area contributed by atoms with Crippen molar-refractivity contribution in [2.24, 2.45) is 11.7 Å². The second kappa shape index (κ2) is 9.94. The van der Waals surface area contributed by atoms with Gasteiger partial charge in [0.05, 0.1) is 11.0 Å². The van der Waals surface area contributed by atoms with Gasteiger partial charge in [-0.2, -0.15) is 0 Å². The average molecular weight is 563 g/mol. The Morgan fingerprint density at radius 2 is 1.78 bits per heavy atom. The van der Waals surface area contributed by atoms with E-state index in [1.54, 1.807) is 30.0 Å². The lowest BCUT2D eigenvalue weighted by Crippen LogP contribution is -2.52. The largest absolute Gasteiger partial charge is 0.465 e. The van der Waals surface area contributed by atoms with E-state index in [-0.39, 0.29) is 24.3 Å². The van der Waals surface area contributed by atoms with E-state index in [9.17, 15) is 28.7 Å². The molecule has 4 amide bonds. The van der Waals surface area contributed by atoms with Gasteiger partial charge >= 0.3 is 6.09 Å². The van der Waals surface area contributed by atoms with Gasteiger partial charge < -0.3 is 21.1 Å². The first-order chi connectivity index (χ1) is 19.5. The van der Waals surface area contributed by atoms with Gasteiger partial charge in [-0.15, -0.1) is 0 Å². The van der Waals surface area contributed by atoms with Crippen LogP contribution in [0.15, 0.2) is 36.4 Å². The zero-order chi connectivity index (χ0) is 29.1. The van der Waals surface area contributed by atoms with Crippen molar-refractivity contribution >= 4 is 29.5 Å². The van der Waals surface area contributed by atoms with Gasteiger partial charge in [0.25, 0.3) is 0 Å². The van der Waals surface area contributed by atoms with E-state index in [1.165, 1.54) is 12.1 Å². The number of benzene rings is 2. The molecular weight excluding hydrogens is 527 g/mol. The van der Waals surface area contributed by atoms with Gasteiger partial charge in [0, 0.05) is 18.3 Å². The van der Waals surface area contributed by atoms with Crippen molar-refractivity contribution in [1.82, 2.24) is 9.80 Å². The van der Waals surface area contributed by atoms with Crippen molar-refractivity contribution < 1.29 is 28.7 Å². The highest BCUT2D eigenvalue weighted by Gasteiger charge is 2.48.